The van der Waals surface area contributed by atoms with Gasteiger partial charge in [-0.25, -0.2) is 4.79 Å². The summed E-state index contributed by atoms with van der Waals surface area (Å²) in [7, 11) is 0. The SMILES string of the molecule is C#CC(C)NC(=O)NCC(=C)Cl. The molecule has 66 valence electrons. The van der Waals surface area contributed by atoms with E-state index in [9.17, 15) is 4.79 Å². The van der Waals surface area contributed by atoms with Gasteiger partial charge in [0.25, 0.3) is 0 Å². The number of amides is 2. The van der Waals surface area contributed by atoms with Gasteiger partial charge in [0.1, 0.15) is 0 Å². The second kappa shape index (κ2) is 5.50. The van der Waals surface area contributed by atoms with Gasteiger partial charge in [-0.2, -0.15) is 0 Å². The van der Waals surface area contributed by atoms with Crippen molar-refractivity contribution in [1.82, 2.24) is 10.6 Å². The Morgan fingerprint density at radius 3 is 2.83 bits per heavy atom. The number of halogens is 1. The summed E-state index contributed by atoms with van der Waals surface area (Å²) < 4.78 is 0. The highest BCUT2D eigenvalue weighted by atomic mass is 35.5. The van der Waals surface area contributed by atoms with Gasteiger partial charge >= 0.3 is 6.03 Å². The third kappa shape index (κ3) is 5.63. The van der Waals surface area contributed by atoms with Crippen LogP contribution in [0.15, 0.2) is 11.6 Å². The first-order chi connectivity index (χ1) is 5.56. The smallest absolute Gasteiger partial charge is 0.316 e. The molecule has 0 saturated carbocycles. The molecule has 0 aliphatic carbocycles. The fraction of sp³-hybridized carbons (Fsp3) is 0.375. The van der Waals surface area contributed by atoms with E-state index in [1.807, 2.05) is 0 Å². The molecule has 0 fully saturated rings. The van der Waals surface area contributed by atoms with Gasteiger partial charge < -0.3 is 10.6 Å². The molecule has 0 bridgehead atoms. The van der Waals surface area contributed by atoms with E-state index in [4.69, 9.17) is 18.0 Å². The third-order valence-corrected chi connectivity index (χ3v) is 1.17. The average Bonchev–Trinajstić information content (AvgIpc) is 2.00. The van der Waals surface area contributed by atoms with Crippen LogP contribution in [-0.2, 0) is 0 Å². The van der Waals surface area contributed by atoms with Crippen LogP contribution >= 0.6 is 11.6 Å². The van der Waals surface area contributed by atoms with Crippen LogP contribution in [0.2, 0.25) is 0 Å². The van der Waals surface area contributed by atoms with E-state index in [2.05, 4.69) is 23.1 Å². The summed E-state index contributed by atoms with van der Waals surface area (Å²) in [5, 5.41) is 5.34. The molecule has 0 radical (unpaired) electrons. The van der Waals surface area contributed by atoms with Crippen molar-refractivity contribution in [3.05, 3.63) is 11.6 Å². The van der Waals surface area contributed by atoms with Crippen molar-refractivity contribution < 1.29 is 4.79 Å². The molecule has 12 heavy (non-hydrogen) atoms. The van der Waals surface area contributed by atoms with Crippen molar-refractivity contribution in [2.24, 2.45) is 0 Å². The van der Waals surface area contributed by atoms with E-state index in [1.54, 1.807) is 6.92 Å². The molecule has 0 rings (SSSR count). The van der Waals surface area contributed by atoms with Crippen molar-refractivity contribution >= 4 is 17.6 Å². The maximum absolute atomic E-state index is 10.9. The predicted octanol–water partition coefficient (Wildman–Crippen LogP) is 1.06. The van der Waals surface area contributed by atoms with Gasteiger partial charge in [-0.05, 0) is 6.92 Å². The second-order valence-corrected chi connectivity index (χ2v) is 2.77. The predicted molar refractivity (Wildman–Crippen MR) is 49.8 cm³/mol. The monoisotopic (exact) mass is 186 g/mol. The zero-order chi connectivity index (χ0) is 9.56. The Morgan fingerprint density at radius 1 is 1.83 bits per heavy atom. The Labute approximate surface area is 77.2 Å². The minimum atomic E-state index is -0.345. The molecule has 0 aromatic heterocycles. The van der Waals surface area contributed by atoms with Crippen LogP contribution in [-0.4, -0.2) is 18.6 Å². The zero-order valence-electron chi connectivity index (χ0n) is 6.86. The molecule has 3 nitrogen and oxygen atoms in total. The maximum atomic E-state index is 10.9. The summed E-state index contributed by atoms with van der Waals surface area (Å²) in [4.78, 5) is 10.9. The maximum Gasteiger partial charge on any atom is 0.316 e. The lowest BCUT2D eigenvalue weighted by Crippen LogP contribution is -2.40. The van der Waals surface area contributed by atoms with Crippen LogP contribution in [0, 0.1) is 12.3 Å². The van der Waals surface area contributed by atoms with Crippen LogP contribution in [0.5, 0.6) is 0 Å². The van der Waals surface area contributed by atoms with E-state index in [0.29, 0.717) is 5.03 Å². The molecule has 1 atom stereocenters. The Hall–Kier alpha value is -1.14. The van der Waals surface area contributed by atoms with Crippen LogP contribution in [0.25, 0.3) is 0 Å². The first kappa shape index (κ1) is 10.9. The van der Waals surface area contributed by atoms with Gasteiger partial charge in [0.05, 0.1) is 12.6 Å². The number of hydrogen-bond acceptors (Lipinski definition) is 1. The van der Waals surface area contributed by atoms with Crippen LogP contribution in [0.4, 0.5) is 4.79 Å². The van der Waals surface area contributed by atoms with Crippen molar-refractivity contribution in [3.8, 4) is 12.3 Å². The number of urea groups is 1. The second-order valence-electron chi connectivity index (χ2n) is 2.23. The lowest BCUT2D eigenvalue weighted by Gasteiger charge is -2.08. The Bertz CT molecular complexity index is 220. The van der Waals surface area contributed by atoms with Gasteiger partial charge in [0, 0.05) is 5.03 Å². The van der Waals surface area contributed by atoms with E-state index in [0.717, 1.165) is 0 Å². The molecule has 2 N–H and O–H groups in total. The lowest BCUT2D eigenvalue weighted by molar-refractivity contribution is 0.241. The summed E-state index contributed by atoms with van der Waals surface area (Å²) in [5.41, 5.74) is 0. The fourth-order valence-corrected chi connectivity index (χ4v) is 0.532. The fourth-order valence-electron chi connectivity index (χ4n) is 0.466. The highest BCUT2D eigenvalue weighted by molar-refractivity contribution is 6.29. The molecule has 0 aliphatic rings. The molecular formula is C8H11ClN2O. The largest absolute Gasteiger partial charge is 0.333 e. The van der Waals surface area contributed by atoms with Crippen molar-refractivity contribution in [2.45, 2.75) is 13.0 Å². The minimum Gasteiger partial charge on any atom is -0.333 e. The molecule has 0 heterocycles. The standard InChI is InChI=1S/C8H11ClN2O/c1-4-7(3)11-8(12)10-5-6(2)9/h1,7H,2,5H2,3H3,(H2,10,11,12). The molecule has 0 spiro atoms. The lowest BCUT2D eigenvalue weighted by atomic mass is 10.4. The van der Waals surface area contributed by atoms with E-state index >= 15 is 0 Å². The normalized spacial score (nSPS) is 11.1. The highest BCUT2D eigenvalue weighted by Gasteiger charge is 2.02. The number of terminal acetylenes is 1. The van der Waals surface area contributed by atoms with Crippen molar-refractivity contribution in [1.29, 1.82) is 0 Å². The Balaban J connectivity index is 3.62. The summed E-state index contributed by atoms with van der Waals surface area (Å²) >= 11 is 5.42. The molecular weight excluding hydrogens is 176 g/mol. The minimum absolute atomic E-state index is 0.241. The number of rotatable bonds is 3. The first-order valence-corrected chi connectivity index (χ1v) is 3.78. The number of carbonyl (C=O) groups excluding carboxylic acids is 1. The number of nitrogens with one attached hydrogen (secondary N) is 2. The van der Waals surface area contributed by atoms with Gasteiger partial charge in [-0.15, -0.1) is 6.42 Å². The molecule has 4 heteroatoms. The molecule has 2 amide bonds. The van der Waals surface area contributed by atoms with Gasteiger partial charge in [-0.3, -0.25) is 0 Å². The average molecular weight is 187 g/mol. The quantitative estimate of drug-likeness (QED) is 0.636. The highest BCUT2D eigenvalue weighted by Crippen LogP contribution is 1.91. The molecule has 0 aromatic rings. The molecule has 0 aromatic carbocycles. The number of carbonyl (C=O) groups is 1. The number of hydrogen-bond donors (Lipinski definition) is 2. The van der Waals surface area contributed by atoms with E-state index in [-0.39, 0.29) is 18.6 Å². The van der Waals surface area contributed by atoms with Gasteiger partial charge in [0.2, 0.25) is 0 Å². The van der Waals surface area contributed by atoms with Crippen LogP contribution in [0.3, 0.4) is 0 Å². The summed E-state index contributed by atoms with van der Waals surface area (Å²) in [6.45, 7) is 5.35. The molecule has 0 aliphatic heterocycles. The van der Waals surface area contributed by atoms with Crippen molar-refractivity contribution in [2.75, 3.05) is 6.54 Å². The Morgan fingerprint density at radius 2 is 2.42 bits per heavy atom. The van der Waals surface area contributed by atoms with Crippen LogP contribution < -0.4 is 10.6 Å². The van der Waals surface area contributed by atoms with E-state index in [1.165, 1.54) is 0 Å². The summed E-state index contributed by atoms with van der Waals surface area (Å²) in [6, 6.07) is -0.629. The zero-order valence-corrected chi connectivity index (χ0v) is 7.61. The Kier molecular flexibility index (Phi) is 4.98. The van der Waals surface area contributed by atoms with E-state index < -0.39 is 0 Å². The molecule has 1 unspecified atom stereocenters. The third-order valence-electron chi connectivity index (χ3n) is 1.04. The van der Waals surface area contributed by atoms with Gasteiger partial charge in [0.15, 0.2) is 0 Å². The first-order valence-electron chi connectivity index (χ1n) is 3.40. The topological polar surface area (TPSA) is 41.1 Å². The van der Waals surface area contributed by atoms with Crippen LogP contribution in [0.1, 0.15) is 6.92 Å². The summed E-state index contributed by atoms with van der Waals surface area (Å²) in [6.07, 6.45) is 5.04. The van der Waals surface area contributed by atoms with Gasteiger partial charge in [-0.1, -0.05) is 24.1 Å². The molecule has 0 saturated heterocycles. The van der Waals surface area contributed by atoms with Crippen molar-refractivity contribution in [3.63, 3.8) is 0 Å². The summed E-state index contributed by atoms with van der Waals surface area (Å²) in [5.74, 6) is 2.36.